The molecule has 0 fully saturated rings. The summed E-state index contributed by atoms with van der Waals surface area (Å²) in [6.07, 6.45) is -0.0000843. The van der Waals surface area contributed by atoms with Crippen LogP contribution >= 0.6 is 11.6 Å². The monoisotopic (exact) mass is 297 g/mol. The lowest BCUT2D eigenvalue weighted by Gasteiger charge is -2.12. The molecule has 0 bridgehead atoms. The molecule has 1 heterocycles. The van der Waals surface area contributed by atoms with Crippen molar-refractivity contribution in [3.05, 3.63) is 76.4 Å². The maximum Gasteiger partial charge on any atom is 0.0830 e. The average Bonchev–Trinajstić information content (AvgIpc) is 2.46. The Bertz CT molecular complexity index is 785. The standard InChI is InChI=1S/C18H16ClNO/c1-12-5-6-14-11-15(7-8-17(14)20-12)18(21)10-13-3-2-4-16(19)9-13/h2-9,11,18,21H,10H2,1H3. The SMILES string of the molecule is Cc1ccc2cc(C(O)Cc3cccc(Cl)c3)ccc2n1. The number of hydrogen-bond acceptors (Lipinski definition) is 2. The first-order valence-electron chi connectivity index (χ1n) is 6.91. The summed E-state index contributed by atoms with van der Waals surface area (Å²) < 4.78 is 0. The highest BCUT2D eigenvalue weighted by Crippen LogP contribution is 2.23. The van der Waals surface area contributed by atoms with Crippen molar-refractivity contribution in [3.8, 4) is 0 Å². The van der Waals surface area contributed by atoms with Crippen molar-refractivity contribution in [1.29, 1.82) is 0 Å². The summed E-state index contributed by atoms with van der Waals surface area (Å²) in [4.78, 5) is 4.47. The van der Waals surface area contributed by atoms with Gasteiger partial charge in [-0.1, -0.05) is 35.9 Å². The van der Waals surface area contributed by atoms with Crippen molar-refractivity contribution < 1.29 is 5.11 Å². The number of hydrogen-bond donors (Lipinski definition) is 1. The van der Waals surface area contributed by atoms with E-state index in [0.717, 1.165) is 27.7 Å². The van der Waals surface area contributed by atoms with E-state index in [-0.39, 0.29) is 0 Å². The van der Waals surface area contributed by atoms with Crippen LogP contribution in [0.3, 0.4) is 0 Å². The number of nitrogens with zero attached hydrogens (tertiary/aromatic N) is 1. The van der Waals surface area contributed by atoms with Gasteiger partial charge in [-0.05, 0) is 48.4 Å². The van der Waals surface area contributed by atoms with E-state index in [1.54, 1.807) is 0 Å². The molecule has 0 spiro atoms. The van der Waals surface area contributed by atoms with E-state index in [2.05, 4.69) is 4.98 Å². The number of aryl methyl sites for hydroxylation is 1. The molecular weight excluding hydrogens is 282 g/mol. The van der Waals surface area contributed by atoms with Gasteiger partial charge in [-0.2, -0.15) is 0 Å². The summed E-state index contributed by atoms with van der Waals surface area (Å²) >= 11 is 5.98. The van der Waals surface area contributed by atoms with Crippen LogP contribution in [0.1, 0.15) is 22.9 Å². The first kappa shape index (κ1) is 14.1. The number of fused-ring (bicyclic) bond motifs is 1. The predicted molar refractivity (Wildman–Crippen MR) is 86.6 cm³/mol. The van der Waals surface area contributed by atoms with Crippen LogP contribution in [0.15, 0.2) is 54.6 Å². The first-order chi connectivity index (χ1) is 10.1. The molecule has 0 aliphatic heterocycles. The fourth-order valence-corrected chi connectivity index (χ4v) is 2.67. The largest absolute Gasteiger partial charge is 0.388 e. The maximum absolute atomic E-state index is 10.4. The fourth-order valence-electron chi connectivity index (χ4n) is 2.46. The summed E-state index contributed by atoms with van der Waals surface area (Å²) in [5.41, 5.74) is 3.87. The van der Waals surface area contributed by atoms with Crippen LogP contribution in [0.4, 0.5) is 0 Å². The summed E-state index contributed by atoms with van der Waals surface area (Å²) in [7, 11) is 0. The Balaban J connectivity index is 1.87. The zero-order valence-corrected chi connectivity index (χ0v) is 12.5. The van der Waals surface area contributed by atoms with Crippen molar-refractivity contribution in [2.45, 2.75) is 19.4 Å². The van der Waals surface area contributed by atoms with E-state index >= 15 is 0 Å². The molecular formula is C18H16ClNO. The zero-order chi connectivity index (χ0) is 14.8. The molecule has 2 aromatic carbocycles. The minimum absolute atomic E-state index is 0.547. The third kappa shape index (κ3) is 3.23. The van der Waals surface area contributed by atoms with Crippen molar-refractivity contribution in [3.63, 3.8) is 0 Å². The number of halogens is 1. The lowest BCUT2D eigenvalue weighted by molar-refractivity contribution is 0.178. The number of rotatable bonds is 3. The Kier molecular flexibility index (Phi) is 3.91. The van der Waals surface area contributed by atoms with Gasteiger partial charge in [0.05, 0.1) is 11.6 Å². The van der Waals surface area contributed by atoms with Crippen molar-refractivity contribution in [1.82, 2.24) is 4.98 Å². The molecule has 0 radical (unpaired) electrons. The smallest absolute Gasteiger partial charge is 0.0830 e. The Hall–Kier alpha value is -1.90. The maximum atomic E-state index is 10.4. The molecule has 0 aliphatic rings. The van der Waals surface area contributed by atoms with Crippen LogP contribution in [0.25, 0.3) is 10.9 Å². The van der Waals surface area contributed by atoms with Crippen molar-refractivity contribution >= 4 is 22.5 Å². The van der Waals surface area contributed by atoms with Gasteiger partial charge in [-0.25, -0.2) is 0 Å². The summed E-state index contributed by atoms with van der Waals surface area (Å²) in [6.45, 7) is 1.97. The minimum atomic E-state index is -0.547. The van der Waals surface area contributed by atoms with Crippen LogP contribution < -0.4 is 0 Å². The second-order valence-electron chi connectivity index (χ2n) is 5.25. The fraction of sp³-hybridized carbons (Fsp3) is 0.167. The van der Waals surface area contributed by atoms with E-state index in [1.807, 2.05) is 61.5 Å². The molecule has 1 N–H and O–H groups in total. The van der Waals surface area contributed by atoms with Gasteiger partial charge in [0.2, 0.25) is 0 Å². The quantitative estimate of drug-likeness (QED) is 0.773. The van der Waals surface area contributed by atoms with E-state index in [0.29, 0.717) is 11.4 Å². The molecule has 3 heteroatoms. The van der Waals surface area contributed by atoms with Gasteiger partial charge in [0.15, 0.2) is 0 Å². The normalized spacial score (nSPS) is 12.5. The van der Waals surface area contributed by atoms with Gasteiger partial charge in [0, 0.05) is 22.5 Å². The van der Waals surface area contributed by atoms with Gasteiger partial charge in [-0.3, -0.25) is 4.98 Å². The van der Waals surface area contributed by atoms with Crippen LogP contribution in [0.2, 0.25) is 5.02 Å². The van der Waals surface area contributed by atoms with E-state index in [4.69, 9.17) is 11.6 Å². The number of pyridine rings is 1. The molecule has 1 aromatic heterocycles. The lowest BCUT2D eigenvalue weighted by atomic mass is 10.00. The molecule has 0 aliphatic carbocycles. The van der Waals surface area contributed by atoms with E-state index < -0.39 is 6.10 Å². The highest BCUT2D eigenvalue weighted by atomic mass is 35.5. The number of aliphatic hydroxyl groups excluding tert-OH is 1. The highest BCUT2D eigenvalue weighted by Gasteiger charge is 2.10. The molecule has 1 atom stereocenters. The zero-order valence-electron chi connectivity index (χ0n) is 11.8. The van der Waals surface area contributed by atoms with Crippen LogP contribution in [-0.2, 0) is 6.42 Å². The molecule has 0 saturated carbocycles. The van der Waals surface area contributed by atoms with Crippen molar-refractivity contribution in [2.24, 2.45) is 0 Å². The van der Waals surface area contributed by atoms with Crippen LogP contribution in [0.5, 0.6) is 0 Å². The average molecular weight is 298 g/mol. The second-order valence-corrected chi connectivity index (χ2v) is 5.69. The van der Waals surface area contributed by atoms with Gasteiger partial charge in [0.1, 0.15) is 0 Å². The Morgan fingerprint density at radius 1 is 1.10 bits per heavy atom. The van der Waals surface area contributed by atoms with E-state index in [9.17, 15) is 5.11 Å². The van der Waals surface area contributed by atoms with Crippen LogP contribution in [-0.4, -0.2) is 10.1 Å². The summed E-state index contributed by atoms with van der Waals surface area (Å²) in [5, 5.41) is 12.2. The van der Waals surface area contributed by atoms with Gasteiger partial charge < -0.3 is 5.11 Å². The predicted octanol–water partition coefficient (Wildman–Crippen LogP) is 4.47. The molecule has 3 aromatic rings. The number of benzene rings is 2. The molecule has 21 heavy (non-hydrogen) atoms. The third-order valence-corrected chi connectivity index (χ3v) is 3.79. The second kappa shape index (κ2) is 5.84. The third-order valence-electron chi connectivity index (χ3n) is 3.56. The van der Waals surface area contributed by atoms with Gasteiger partial charge in [0.25, 0.3) is 0 Å². The topological polar surface area (TPSA) is 33.1 Å². The summed E-state index contributed by atoms with van der Waals surface area (Å²) in [6, 6.07) is 17.5. The number of aromatic nitrogens is 1. The van der Waals surface area contributed by atoms with Crippen molar-refractivity contribution in [2.75, 3.05) is 0 Å². The first-order valence-corrected chi connectivity index (χ1v) is 7.29. The lowest BCUT2D eigenvalue weighted by Crippen LogP contribution is -2.02. The molecule has 1 unspecified atom stereocenters. The minimum Gasteiger partial charge on any atom is -0.388 e. The van der Waals surface area contributed by atoms with Gasteiger partial charge in [-0.15, -0.1) is 0 Å². The molecule has 0 saturated heterocycles. The Morgan fingerprint density at radius 2 is 1.95 bits per heavy atom. The van der Waals surface area contributed by atoms with Gasteiger partial charge >= 0.3 is 0 Å². The summed E-state index contributed by atoms with van der Waals surface area (Å²) in [5.74, 6) is 0. The number of aliphatic hydroxyl groups is 1. The Labute approximate surface area is 129 Å². The highest BCUT2D eigenvalue weighted by molar-refractivity contribution is 6.30. The molecule has 0 amide bonds. The molecule has 2 nitrogen and oxygen atoms in total. The Morgan fingerprint density at radius 3 is 2.76 bits per heavy atom. The van der Waals surface area contributed by atoms with E-state index in [1.165, 1.54) is 0 Å². The van der Waals surface area contributed by atoms with Crippen LogP contribution in [0, 0.1) is 6.92 Å². The molecule has 106 valence electrons. The molecule has 3 rings (SSSR count).